The highest BCUT2D eigenvalue weighted by molar-refractivity contribution is 7.99. The lowest BCUT2D eigenvalue weighted by Crippen LogP contribution is -1.99. The normalized spacial score (nSPS) is 9.88. The SMILES string of the molecule is COC(=O)CCCSc1ccc(OC)cc1. The number of thioether (sulfide) groups is 1. The van der Waals surface area contributed by atoms with E-state index >= 15 is 0 Å². The number of benzene rings is 1. The van der Waals surface area contributed by atoms with Gasteiger partial charge in [-0.3, -0.25) is 4.79 Å². The Bertz CT molecular complexity index is 322. The highest BCUT2D eigenvalue weighted by atomic mass is 32.2. The van der Waals surface area contributed by atoms with Crippen molar-refractivity contribution in [2.45, 2.75) is 17.7 Å². The molecule has 0 amide bonds. The molecule has 0 atom stereocenters. The first kappa shape index (κ1) is 12.9. The van der Waals surface area contributed by atoms with E-state index in [4.69, 9.17) is 4.74 Å². The van der Waals surface area contributed by atoms with Gasteiger partial charge in [0.15, 0.2) is 0 Å². The minimum atomic E-state index is -0.143. The molecule has 0 N–H and O–H groups in total. The fraction of sp³-hybridized carbons (Fsp3) is 0.417. The Kier molecular flexibility index (Phi) is 5.78. The third-order valence-corrected chi connectivity index (χ3v) is 3.18. The van der Waals surface area contributed by atoms with E-state index in [1.165, 1.54) is 12.0 Å². The second kappa shape index (κ2) is 7.17. The van der Waals surface area contributed by atoms with Crippen LogP contribution >= 0.6 is 11.8 Å². The Balaban J connectivity index is 2.24. The molecule has 1 rings (SSSR count). The van der Waals surface area contributed by atoms with Crippen LogP contribution in [0.1, 0.15) is 12.8 Å². The summed E-state index contributed by atoms with van der Waals surface area (Å²) in [4.78, 5) is 12.0. The highest BCUT2D eigenvalue weighted by Gasteiger charge is 2.00. The first-order valence-electron chi connectivity index (χ1n) is 5.10. The van der Waals surface area contributed by atoms with Crippen LogP contribution < -0.4 is 4.74 Å². The van der Waals surface area contributed by atoms with Gasteiger partial charge in [-0.25, -0.2) is 0 Å². The first-order chi connectivity index (χ1) is 7.76. The van der Waals surface area contributed by atoms with Crippen molar-refractivity contribution in [1.29, 1.82) is 0 Å². The summed E-state index contributed by atoms with van der Waals surface area (Å²) in [6.45, 7) is 0. The highest BCUT2D eigenvalue weighted by Crippen LogP contribution is 2.22. The van der Waals surface area contributed by atoms with E-state index in [1.807, 2.05) is 24.3 Å². The molecule has 0 aliphatic carbocycles. The predicted octanol–water partition coefficient (Wildman–Crippen LogP) is 2.74. The molecule has 0 fully saturated rings. The van der Waals surface area contributed by atoms with Gasteiger partial charge >= 0.3 is 5.97 Å². The molecule has 0 radical (unpaired) electrons. The average molecular weight is 240 g/mol. The Morgan fingerprint density at radius 1 is 1.25 bits per heavy atom. The van der Waals surface area contributed by atoms with E-state index in [0.29, 0.717) is 6.42 Å². The number of hydrogen-bond acceptors (Lipinski definition) is 4. The van der Waals surface area contributed by atoms with Crippen LogP contribution in [-0.2, 0) is 9.53 Å². The topological polar surface area (TPSA) is 35.5 Å². The van der Waals surface area contributed by atoms with Crippen molar-refractivity contribution in [1.82, 2.24) is 0 Å². The molecule has 1 aromatic carbocycles. The molecule has 0 saturated heterocycles. The zero-order valence-electron chi connectivity index (χ0n) is 9.56. The van der Waals surface area contributed by atoms with Gasteiger partial charge in [0.1, 0.15) is 5.75 Å². The van der Waals surface area contributed by atoms with Crippen LogP contribution in [0, 0.1) is 0 Å². The Morgan fingerprint density at radius 3 is 2.50 bits per heavy atom. The minimum absolute atomic E-state index is 0.143. The molecule has 1 aromatic rings. The van der Waals surface area contributed by atoms with E-state index in [1.54, 1.807) is 18.9 Å². The van der Waals surface area contributed by atoms with Crippen LogP contribution in [0.3, 0.4) is 0 Å². The van der Waals surface area contributed by atoms with Gasteiger partial charge < -0.3 is 9.47 Å². The molecule has 4 heteroatoms. The Morgan fingerprint density at radius 2 is 1.94 bits per heavy atom. The van der Waals surface area contributed by atoms with Crippen LogP contribution in [0.2, 0.25) is 0 Å². The van der Waals surface area contributed by atoms with Gasteiger partial charge in [-0.05, 0) is 36.4 Å². The van der Waals surface area contributed by atoms with Gasteiger partial charge in [-0.2, -0.15) is 0 Å². The van der Waals surface area contributed by atoms with Gasteiger partial charge in [0, 0.05) is 11.3 Å². The molecule has 0 saturated carbocycles. The van der Waals surface area contributed by atoms with Gasteiger partial charge in [-0.1, -0.05) is 0 Å². The quantitative estimate of drug-likeness (QED) is 0.435. The summed E-state index contributed by atoms with van der Waals surface area (Å²) < 4.78 is 9.64. The lowest BCUT2D eigenvalue weighted by atomic mass is 10.3. The number of esters is 1. The summed E-state index contributed by atoms with van der Waals surface area (Å²) in [6.07, 6.45) is 1.32. The van der Waals surface area contributed by atoms with Crippen LogP contribution in [0.15, 0.2) is 29.2 Å². The Labute approximate surface area is 100 Å². The lowest BCUT2D eigenvalue weighted by molar-refractivity contribution is -0.140. The lowest BCUT2D eigenvalue weighted by Gasteiger charge is -2.03. The van der Waals surface area contributed by atoms with Gasteiger partial charge in [0.25, 0.3) is 0 Å². The van der Waals surface area contributed by atoms with Gasteiger partial charge in [0.2, 0.25) is 0 Å². The fourth-order valence-corrected chi connectivity index (χ4v) is 2.03. The summed E-state index contributed by atoms with van der Waals surface area (Å²) in [5.74, 6) is 1.63. The maximum absolute atomic E-state index is 10.9. The van der Waals surface area contributed by atoms with Crippen molar-refractivity contribution in [2.24, 2.45) is 0 Å². The van der Waals surface area contributed by atoms with Crippen molar-refractivity contribution in [3.8, 4) is 5.75 Å². The van der Waals surface area contributed by atoms with Crippen LogP contribution in [0.4, 0.5) is 0 Å². The van der Waals surface area contributed by atoms with E-state index < -0.39 is 0 Å². The van der Waals surface area contributed by atoms with E-state index in [-0.39, 0.29) is 5.97 Å². The molecular weight excluding hydrogens is 224 g/mol. The number of carbonyl (C=O) groups excluding carboxylic acids is 1. The molecule has 3 nitrogen and oxygen atoms in total. The zero-order valence-corrected chi connectivity index (χ0v) is 10.4. The van der Waals surface area contributed by atoms with E-state index in [9.17, 15) is 4.79 Å². The maximum atomic E-state index is 10.9. The largest absolute Gasteiger partial charge is 0.497 e. The molecule has 0 aliphatic heterocycles. The summed E-state index contributed by atoms with van der Waals surface area (Å²) in [6, 6.07) is 7.90. The minimum Gasteiger partial charge on any atom is -0.497 e. The van der Waals surface area contributed by atoms with Gasteiger partial charge in [0.05, 0.1) is 14.2 Å². The third kappa shape index (κ3) is 4.57. The summed E-state index contributed by atoms with van der Waals surface area (Å²) in [5.41, 5.74) is 0. The van der Waals surface area contributed by atoms with E-state index in [0.717, 1.165) is 17.9 Å². The monoisotopic (exact) mass is 240 g/mol. The van der Waals surface area contributed by atoms with Crippen molar-refractivity contribution in [3.05, 3.63) is 24.3 Å². The van der Waals surface area contributed by atoms with Crippen molar-refractivity contribution in [3.63, 3.8) is 0 Å². The predicted molar refractivity (Wildman–Crippen MR) is 65.0 cm³/mol. The number of carbonyl (C=O) groups is 1. The number of ether oxygens (including phenoxy) is 2. The molecule has 0 unspecified atom stereocenters. The third-order valence-electron chi connectivity index (χ3n) is 2.08. The molecule has 0 aliphatic rings. The first-order valence-corrected chi connectivity index (χ1v) is 6.08. The second-order valence-electron chi connectivity index (χ2n) is 3.20. The number of rotatable bonds is 6. The average Bonchev–Trinajstić information content (AvgIpc) is 2.35. The van der Waals surface area contributed by atoms with Gasteiger partial charge in [-0.15, -0.1) is 11.8 Å². The standard InChI is InChI=1S/C12H16O3S/c1-14-10-5-7-11(8-6-10)16-9-3-4-12(13)15-2/h5-8H,3-4,9H2,1-2H3. The zero-order chi connectivity index (χ0) is 11.8. The molecule has 0 heterocycles. The van der Waals surface area contributed by atoms with E-state index in [2.05, 4.69) is 4.74 Å². The second-order valence-corrected chi connectivity index (χ2v) is 4.37. The molecule has 16 heavy (non-hydrogen) atoms. The van der Waals surface area contributed by atoms with Crippen LogP contribution in [0.5, 0.6) is 5.75 Å². The smallest absolute Gasteiger partial charge is 0.305 e. The molecule has 88 valence electrons. The number of methoxy groups -OCH3 is 2. The molecule has 0 aromatic heterocycles. The van der Waals surface area contributed by atoms with Crippen molar-refractivity contribution < 1.29 is 14.3 Å². The van der Waals surface area contributed by atoms with Crippen LogP contribution in [0.25, 0.3) is 0 Å². The van der Waals surface area contributed by atoms with Crippen molar-refractivity contribution in [2.75, 3.05) is 20.0 Å². The number of hydrogen-bond donors (Lipinski definition) is 0. The maximum Gasteiger partial charge on any atom is 0.305 e. The summed E-state index contributed by atoms with van der Waals surface area (Å²) >= 11 is 1.73. The van der Waals surface area contributed by atoms with Crippen LogP contribution in [-0.4, -0.2) is 25.9 Å². The molecule has 0 spiro atoms. The summed E-state index contributed by atoms with van der Waals surface area (Å²) in [5, 5.41) is 0. The van der Waals surface area contributed by atoms with Crippen molar-refractivity contribution >= 4 is 17.7 Å². The molecule has 0 bridgehead atoms. The Hall–Kier alpha value is -1.16. The summed E-state index contributed by atoms with van der Waals surface area (Å²) in [7, 11) is 3.07. The molecular formula is C12H16O3S. The fourth-order valence-electron chi connectivity index (χ4n) is 1.18.